The predicted molar refractivity (Wildman–Crippen MR) is 77.2 cm³/mol. The minimum atomic E-state index is -0.862. The van der Waals surface area contributed by atoms with Crippen molar-refractivity contribution in [3.8, 4) is 0 Å². The number of nitrogens with one attached hydrogen (secondary N) is 1. The molecular weight excluding hydrogens is 310 g/mol. The van der Waals surface area contributed by atoms with E-state index in [9.17, 15) is 4.79 Å². The van der Waals surface area contributed by atoms with Crippen molar-refractivity contribution in [2.75, 3.05) is 5.32 Å². The molecule has 1 amide bonds. The lowest BCUT2D eigenvalue weighted by atomic mass is 9.67. The topological polar surface area (TPSA) is 87.7 Å². The molecule has 19 heavy (non-hydrogen) atoms. The monoisotopic (exact) mass is 325 g/mol. The molecule has 0 atom stereocenters. The average Bonchev–Trinajstić information content (AvgIpc) is 2.31. The number of halogens is 1. The quantitative estimate of drug-likeness (QED) is 0.345. The van der Waals surface area contributed by atoms with Crippen molar-refractivity contribution in [3.05, 3.63) is 28.2 Å². The Morgan fingerprint density at radius 2 is 2.21 bits per heavy atom. The molecule has 0 aliphatic heterocycles. The van der Waals surface area contributed by atoms with Gasteiger partial charge in [0.1, 0.15) is 5.41 Å². The van der Waals surface area contributed by atoms with Crippen LogP contribution in [0, 0.1) is 12.3 Å². The summed E-state index contributed by atoms with van der Waals surface area (Å²) < 4.78 is 0.815. The van der Waals surface area contributed by atoms with Gasteiger partial charge in [0, 0.05) is 4.47 Å². The molecule has 0 aromatic heterocycles. The fourth-order valence-corrected chi connectivity index (χ4v) is 2.78. The van der Waals surface area contributed by atoms with Crippen LogP contribution in [0.3, 0.4) is 0 Å². The third-order valence-corrected chi connectivity index (χ3v) is 4.27. The predicted octanol–water partition coefficient (Wildman–Crippen LogP) is 2.61. The highest BCUT2D eigenvalue weighted by Gasteiger charge is 2.48. The molecule has 0 heterocycles. The summed E-state index contributed by atoms with van der Waals surface area (Å²) in [5.41, 5.74) is 6.58. The Morgan fingerprint density at radius 3 is 2.68 bits per heavy atom. The highest BCUT2D eigenvalue weighted by molar-refractivity contribution is 9.10. The molecule has 2 rings (SSSR count). The molecule has 1 aromatic rings. The largest absolute Gasteiger partial charge is 0.409 e. The smallest absolute Gasteiger partial charge is 0.238 e. The van der Waals surface area contributed by atoms with Gasteiger partial charge in [-0.05, 0) is 53.4 Å². The van der Waals surface area contributed by atoms with Crippen LogP contribution in [-0.4, -0.2) is 17.0 Å². The Morgan fingerprint density at radius 1 is 1.53 bits per heavy atom. The SMILES string of the molecule is Cc1ccc(NC(=O)C2(/C(N)=N/O)CCC2)c(Br)c1. The van der Waals surface area contributed by atoms with Crippen LogP contribution < -0.4 is 11.1 Å². The molecule has 102 valence electrons. The molecule has 0 saturated heterocycles. The van der Waals surface area contributed by atoms with E-state index in [2.05, 4.69) is 26.4 Å². The number of anilines is 1. The minimum Gasteiger partial charge on any atom is -0.409 e. The van der Waals surface area contributed by atoms with Gasteiger partial charge in [-0.3, -0.25) is 4.79 Å². The summed E-state index contributed by atoms with van der Waals surface area (Å²) in [6.07, 6.45) is 2.12. The number of carbonyl (C=O) groups excluding carboxylic acids is 1. The Hall–Kier alpha value is -1.56. The zero-order valence-electron chi connectivity index (χ0n) is 10.6. The van der Waals surface area contributed by atoms with Gasteiger partial charge >= 0.3 is 0 Å². The van der Waals surface area contributed by atoms with Crippen LogP contribution in [-0.2, 0) is 4.79 Å². The van der Waals surface area contributed by atoms with Gasteiger partial charge in [-0.25, -0.2) is 0 Å². The lowest BCUT2D eigenvalue weighted by Crippen LogP contribution is -2.51. The summed E-state index contributed by atoms with van der Waals surface area (Å²) in [6, 6.07) is 5.67. The van der Waals surface area contributed by atoms with E-state index in [1.165, 1.54) is 0 Å². The van der Waals surface area contributed by atoms with Crippen LogP contribution in [0.15, 0.2) is 27.8 Å². The number of oxime groups is 1. The summed E-state index contributed by atoms with van der Waals surface area (Å²) in [6.45, 7) is 1.97. The van der Waals surface area contributed by atoms with Crippen LogP contribution in [0.1, 0.15) is 24.8 Å². The van der Waals surface area contributed by atoms with E-state index in [0.29, 0.717) is 18.5 Å². The van der Waals surface area contributed by atoms with Gasteiger partial charge in [-0.1, -0.05) is 17.6 Å². The Kier molecular flexibility index (Phi) is 3.80. The fourth-order valence-electron chi connectivity index (χ4n) is 2.19. The molecule has 1 aliphatic carbocycles. The molecule has 0 spiro atoms. The van der Waals surface area contributed by atoms with E-state index in [-0.39, 0.29) is 11.7 Å². The van der Waals surface area contributed by atoms with Crippen LogP contribution in [0.25, 0.3) is 0 Å². The van der Waals surface area contributed by atoms with Crippen molar-refractivity contribution in [2.45, 2.75) is 26.2 Å². The molecular formula is C13H16BrN3O2. The minimum absolute atomic E-state index is 0.0144. The second-order valence-electron chi connectivity index (χ2n) is 4.86. The van der Waals surface area contributed by atoms with Crippen LogP contribution >= 0.6 is 15.9 Å². The van der Waals surface area contributed by atoms with Gasteiger partial charge in [0.05, 0.1) is 5.69 Å². The van der Waals surface area contributed by atoms with Crippen LogP contribution in [0.2, 0.25) is 0 Å². The first-order chi connectivity index (χ1) is 8.99. The summed E-state index contributed by atoms with van der Waals surface area (Å²) >= 11 is 3.41. The van der Waals surface area contributed by atoms with E-state index in [4.69, 9.17) is 10.9 Å². The first-order valence-corrected chi connectivity index (χ1v) is 6.84. The van der Waals surface area contributed by atoms with Crippen molar-refractivity contribution in [1.29, 1.82) is 0 Å². The maximum Gasteiger partial charge on any atom is 0.238 e. The summed E-state index contributed by atoms with van der Waals surface area (Å²) in [4.78, 5) is 12.4. The van der Waals surface area contributed by atoms with Gasteiger partial charge in [0.15, 0.2) is 5.84 Å². The maximum atomic E-state index is 12.4. The zero-order chi connectivity index (χ0) is 14.0. The number of nitrogens with zero attached hydrogens (tertiary/aromatic N) is 1. The number of rotatable bonds is 3. The van der Waals surface area contributed by atoms with Crippen LogP contribution in [0.5, 0.6) is 0 Å². The van der Waals surface area contributed by atoms with E-state index < -0.39 is 5.41 Å². The number of aryl methyl sites for hydroxylation is 1. The maximum absolute atomic E-state index is 12.4. The van der Waals surface area contributed by atoms with Crippen molar-refractivity contribution in [1.82, 2.24) is 0 Å². The van der Waals surface area contributed by atoms with Gasteiger partial charge in [0.2, 0.25) is 5.91 Å². The number of amides is 1. The first-order valence-electron chi connectivity index (χ1n) is 6.05. The standard InChI is InChI=1S/C13H16BrN3O2/c1-8-3-4-10(9(14)7-8)16-12(18)13(5-2-6-13)11(15)17-19/h3-4,7,19H,2,5-6H2,1H3,(H2,15,17)(H,16,18). The number of benzene rings is 1. The molecule has 1 saturated carbocycles. The molecule has 6 heteroatoms. The van der Waals surface area contributed by atoms with Gasteiger partial charge in [-0.15, -0.1) is 0 Å². The van der Waals surface area contributed by atoms with Crippen molar-refractivity contribution in [3.63, 3.8) is 0 Å². The normalized spacial score (nSPS) is 17.7. The number of hydrogen-bond donors (Lipinski definition) is 3. The lowest BCUT2D eigenvalue weighted by molar-refractivity contribution is -0.125. The van der Waals surface area contributed by atoms with Crippen LogP contribution in [0.4, 0.5) is 5.69 Å². The van der Waals surface area contributed by atoms with Gasteiger partial charge in [-0.2, -0.15) is 0 Å². The third kappa shape index (κ3) is 2.45. The van der Waals surface area contributed by atoms with Crippen molar-refractivity contribution < 1.29 is 10.0 Å². The van der Waals surface area contributed by atoms with E-state index in [1.54, 1.807) is 0 Å². The highest BCUT2D eigenvalue weighted by Crippen LogP contribution is 2.42. The Bertz CT molecular complexity index is 539. The Balaban J connectivity index is 2.21. The molecule has 0 radical (unpaired) electrons. The number of carbonyl (C=O) groups is 1. The molecule has 1 aliphatic rings. The fraction of sp³-hybridized carbons (Fsp3) is 0.385. The molecule has 4 N–H and O–H groups in total. The molecule has 1 aromatic carbocycles. The first kappa shape index (κ1) is 13.9. The second kappa shape index (κ2) is 5.21. The summed E-state index contributed by atoms with van der Waals surface area (Å²) in [5, 5.41) is 14.7. The summed E-state index contributed by atoms with van der Waals surface area (Å²) in [5.74, 6) is -0.238. The molecule has 5 nitrogen and oxygen atoms in total. The van der Waals surface area contributed by atoms with Gasteiger partial charge < -0.3 is 16.3 Å². The Labute approximate surface area is 120 Å². The molecule has 1 fully saturated rings. The molecule has 0 unspecified atom stereocenters. The molecule has 0 bridgehead atoms. The van der Waals surface area contributed by atoms with E-state index >= 15 is 0 Å². The lowest BCUT2D eigenvalue weighted by Gasteiger charge is -2.38. The average molecular weight is 326 g/mol. The second-order valence-corrected chi connectivity index (χ2v) is 5.71. The summed E-state index contributed by atoms with van der Waals surface area (Å²) in [7, 11) is 0. The number of amidine groups is 1. The number of hydrogen-bond acceptors (Lipinski definition) is 3. The number of nitrogens with two attached hydrogens (primary N) is 1. The van der Waals surface area contributed by atoms with E-state index in [0.717, 1.165) is 16.5 Å². The van der Waals surface area contributed by atoms with E-state index in [1.807, 2.05) is 25.1 Å². The highest BCUT2D eigenvalue weighted by atomic mass is 79.9. The van der Waals surface area contributed by atoms with Crippen molar-refractivity contribution >= 4 is 33.4 Å². The van der Waals surface area contributed by atoms with Crippen molar-refractivity contribution in [2.24, 2.45) is 16.3 Å². The third-order valence-electron chi connectivity index (χ3n) is 3.61. The zero-order valence-corrected chi connectivity index (χ0v) is 12.2. The van der Waals surface area contributed by atoms with Gasteiger partial charge in [0.25, 0.3) is 0 Å².